The molecule has 0 aliphatic heterocycles. The number of benzene rings is 16. The third-order valence-corrected chi connectivity index (χ3v) is 21.2. The van der Waals surface area contributed by atoms with Crippen molar-refractivity contribution in [1.29, 1.82) is 0 Å². The van der Waals surface area contributed by atoms with Gasteiger partial charge in [0.2, 0.25) is 0 Å². The molecule has 520 valence electrons. The molecule has 0 atom stereocenters. The Morgan fingerprint density at radius 2 is 0.618 bits per heavy atom. The topological polar surface area (TPSA) is 95.0 Å². The van der Waals surface area contributed by atoms with Gasteiger partial charge in [-0.05, 0) is 102 Å². The fraction of sp³-hybridized carbons (Fsp3) is 0.0100. The lowest BCUT2D eigenvalue weighted by molar-refractivity contribution is 1.08. The van der Waals surface area contributed by atoms with Crippen LogP contribution in [0.15, 0.2) is 382 Å². The highest BCUT2D eigenvalue weighted by molar-refractivity contribution is 6.36. The highest BCUT2D eigenvalue weighted by atomic mass is 35.5. The molecule has 0 unspecified atom stereocenters. The Bertz CT molecular complexity index is 7100. The van der Waals surface area contributed by atoms with E-state index in [4.69, 9.17) is 36.5 Å². The maximum Gasteiger partial charge on any atom is 0.164 e. The number of aromatic amines is 1. The summed E-state index contributed by atoms with van der Waals surface area (Å²) in [6.45, 7) is 0. The third kappa shape index (κ3) is 11.6. The van der Waals surface area contributed by atoms with Crippen molar-refractivity contribution in [2.24, 2.45) is 0 Å². The van der Waals surface area contributed by atoms with Gasteiger partial charge in [-0.3, -0.25) is 0 Å². The summed E-state index contributed by atoms with van der Waals surface area (Å²) in [5.41, 5.74) is 20.8. The predicted molar refractivity (Wildman–Crippen MR) is 460 cm³/mol. The molecule has 1 N–H and O–H groups in total. The Morgan fingerprint density at radius 1 is 0.236 bits per heavy atom. The Balaban J connectivity index is 0.000000123. The summed E-state index contributed by atoms with van der Waals surface area (Å²) >= 11 is 6.42. The predicted octanol–water partition coefficient (Wildman–Crippen LogP) is 26.6. The van der Waals surface area contributed by atoms with E-state index in [1.54, 1.807) is 0 Å². The molecule has 22 rings (SSSR count). The first-order valence-corrected chi connectivity index (χ1v) is 37.0. The minimum Gasteiger partial charge on any atom is -0.354 e. The molecule has 0 amide bonds. The molecule has 0 radical (unpaired) electrons. The zero-order valence-corrected chi connectivity index (χ0v) is 59.6. The molecule has 0 fully saturated rings. The lowest BCUT2D eigenvalue weighted by atomic mass is 10.0. The molecular formula is C100H68ClN9. The van der Waals surface area contributed by atoms with E-state index in [2.05, 4.69) is 292 Å². The second-order valence-corrected chi connectivity index (χ2v) is 27.6. The summed E-state index contributed by atoms with van der Waals surface area (Å²) in [4.78, 5) is 28.4. The minimum absolute atomic E-state index is 0. The number of H-pyrrole nitrogens is 1. The van der Waals surface area contributed by atoms with Crippen LogP contribution in [0.3, 0.4) is 0 Å². The Hall–Kier alpha value is -14.4. The second-order valence-electron chi connectivity index (χ2n) is 27.2. The number of fused-ring (bicyclic) bond motifs is 16. The van der Waals surface area contributed by atoms with Crippen LogP contribution in [-0.2, 0) is 0 Å². The average Bonchev–Trinajstić information content (AvgIpc) is 1.54. The van der Waals surface area contributed by atoms with E-state index in [0.717, 1.165) is 88.7 Å². The SMILES string of the molecule is C.Clc1ccc(-c2nc(-c3ccccc3)nc(-c3ccccc3)n2)c2ccccc12.c1ccc(-c2cc(-c3ccccc3)nc(-c3ccc(-n4c5ccccc5c5c4ccc4c6ccccc6n(-c6ccccc6)c45)c4ccccc34)n2)cc1.c1ccc(-n2c3ccccc3c3ccc4[nH]c5ccccc5c4c32)cc1. The normalized spacial score (nSPS) is 11.4. The fourth-order valence-corrected chi connectivity index (χ4v) is 16.2. The fourth-order valence-electron chi connectivity index (χ4n) is 16.0. The summed E-state index contributed by atoms with van der Waals surface area (Å²) in [5, 5.41) is 15.0. The summed E-state index contributed by atoms with van der Waals surface area (Å²) in [6, 6.07) is 133. The molecule has 0 saturated heterocycles. The number of aromatic nitrogens is 9. The number of nitrogens with zero attached hydrogens (tertiary/aromatic N) is 8. The summed E-state index contributed by atoms with van der Waals surface area (Å²) in [7, 11) is 0. The molecule has 9 nitrogen and oxygen atoms in total. The van der Waals surface area contributed by atoms with Crippen LogP contribution in [0.5, 0.6) is 0 Å². The number of hydrogen-bond acceptors (Lipinski definition) is 5. The largest absolute Gasteiger partial charge is 0.354 e. The van der Waals surface area contributed by atoms with E-state index in [0.29, 0.717) is 28.3 Å². The molecule has 6 aromatic heterocycles. The van der Waals surface area contributed by atoms with Gasteiger partial charge in [-0.2, -0.15) is 0 Å². The Morgan fingerprint density at radius 3 is 1.15 bits per heavy atom. The van der Waals surface area contributed by atoms with Gasteiger partial charge in [0.05, 0.1) is 50.2 Å². The van der Waals surface area contributed by atoms with Crippen molar-refractivity contribution >= 4 is 120 Å². The van der Waals surface area contributed by atoms with E-state index >= 15 is 0 Å². The smallest absolute Gasteiger partial charge is 0.164 e. The highest BCUT2D eigenvalue weighted by Gasteiger charge is 2.24. The van der Waals surface area contributed by atoms with Crippen LogP contribution in [-0.4, -0.2) is 43.6 Å². The molecular weight excluding hydrogens is 1360 g/mol. The first-order chi connectivity index (χ1) is 54.0. The Kier molecular flexibility index (Phi) is 17.0. The van der Waals surface area contributed by atoms with Crippen LogP contribution in [0.25, 0.3) is 194 Å². The summed E-state index contributed by atoms with van der Waals surface area (Å²) < 4.78 is 7.28. The van der Waals surface area contributed by atoms with Gasteiger partial charge in [0.25, 0.3) is 0 Å². The van der Waals surface area contributed by atoms with Crippen LogP contribution in [0.1, 0.15) is 7.43 Å². The molecule has 6 heterocycles. The first kappa shape index (κ1) is 66.3. The maximum absolute atomic E-state index is 6.42. The number of nitrogens with one attached hydrogen (secondary N) is 1. The van der Waals surface area contributed by atoms with Crippen LogP contribution in [0, 0.1) is 0 Å². The third-order valence-electron chi connectivity index (χ3n) is 20.9. The van der Waals surface area contributed by atoms with Gasteiger partial charge in [0.1, 0.15) is 0 Å². The molecule has 10 heteroatoms. The minimum atomic E-state index is 0. The number of rotatable bonds is 9. The van der Waals surface area contributed by atoms with Crippen molar-refractivity contribution < 1.29 is 0 Å². The lowest BCUT2D eigenvalue weighted by Gasteiger charge is -2.15. The van der Waals surface area contributed by atoms with Crippen molar-refractivity contribution in [2.45, 2.75) is 7.43 Å². The van der Waals surface area contributed by atoms with Crippen molar-refractivity contribution in [3.63, 3.8) is 0 Å². The van der Waals surface area contributed by atoms with Crippen molar-refractivity contribution in [2.75, 3.05) is 0 Å². The summed E-state index contributed by atoms with van der Waals surface area (Å²) in [5.74, 6) is 2.63. The molecule has 0 aliphatic rings. The lowest BCUT2D eigenvalue weighted by Crippen LogP contribution is -2.00. The van der Waals surface area contributed by atoms with Crippen LogP contribution in [0.4, 0.5) is 0 Å². The Labute approximate surface area is 639 Å². The highest BCUT2D eigenvalue weighted by Crippen LogP contribution is 2.45. The maximum atomic E-state index is 6.42. The van der Waals surface area contributed by atoms with E-state index in [-0.39, 0.29) is 7.43 Å². The van der Waals surface area contributed by atoms with Gasteiger partial charge in [0.15, 0.2) is 23.3 Å². The number of halogens is 1. The monoisotopic (exact) mass is 1430 g/mol. The molecule has 0 bridgehead atoms. The standard InChI is InChI=1S/C50H32N4.C25H16ClN3.C24H16N2.CH4/c1-4-16-33(17-5-1)42-32-43(34-18-6-2-7-19-34)52-50(51-42)40-29-30-46(37-23-11-10-22-36(37)40)54-45-27-15-13-25-41(45)48-47(54)31-28-39-38-24-12-14-26-44(38)53(49(39)48)35-20-8-3-9-21-35;26-22-16-15-21(19-13-7-8-14-20(19)22)25-28-23(17-9-3-1-4-10-17)27-24(29-25)18-11-5-2-6-12-18;1-2-8-16(9-3-1)26-22-13-7-5-10-17(22)18-14-15-21-23(24(18)26)19-11-4-6-12-20(19)25-21;/h1-32H;1-16H;1-15,25H;1H4. The first-order valence-electron chi connectivity index (χ1n) is 36.6. The molecule has 22 aromatic rings. The number of para-hydroxylation sites is 6. The zero-order chi connectivity index (χ0) is 72.3. The van der Waals surface area contributed by atoms with Gasteiger partial charge in [0, 0.05) is 115 Å². The van der Waals surface area contributed by atoms with E-state index in [1.165, 1.54) is 81.9 Å². The van der Waals surface area contributed by atoms with Gasteiger partial charge in [-0.15, -0.1) is 0 Å². The van der Waals surface area contributed by atoms with E-state index in [1.807, 2.05) is 109 Å². The van der Waals surface area contributed by atoms with Gasteiger partial charge < -0.3 is 18.7 Å². The van der Waals surface area contributed by atoms with Crippen molar-refractivity contribution in [1.82, 2.24) is 43.6 Å². The molecule has 16 aromatic carbocycles. The molecule has 0 spiro atoms. The molecule has 0 aliphatic carbocycles. The van der Waals surface area contributed by atoms with Crippen molar-refractivity contribution in [3.05, 3.63) is 387 Å². The van der Waals surface area contributed by atoms with Gasteiger partial charge in [-0.25, -0.2) is 24.9 Å². The zero-order valence-electron chi connectivity index (χ0n) is 58.8. The van der Waals surface area contributed by atoms with Crippen LogP contribution >= 0.6 is 11.6 Å². The van der Waals surface area contributed by atoms with E-state index < -0.39 is 0 Å². The van der Waals surface area contributed by atoms with Gasteiger partial charge >= 0.3 is 0 Å². The van der Waals surface area contributed by atoms with Crippen LogP contribution < -0.4 is 0 Å². The van der Waals surface area contributed by atoms with E-state index in [9.17, 15) is 0 Å². The van der Waals surface area contributed by atoms with Crippen molar-refractivity contribution in [3.8, 4) is 85.1 Å². The molecule has 0 saturated carbocycles. The summed E-state index contributed by atoms with van der Waals surface area (Å²) in [6.07, 6.45) is 0. The molecule has 110 heavy (non-hydrogen) atoms. The average molecular weight is 1430 g/mol. The second kappa shape index (κ2) is 28.2. The number of hydrogen-bond donors (Lipinski definition) is 1. The van der Waals surface area contributed by atoms with Crippen LogP contribution in [0.2, 0.25) is 5.02 Å². The van der Waals surface area contributed by atoms with Gasteiger partial charge in [-0.1, -0.05) is 310 Å². The quantitative estimate of drug-likeness (QED) is 0.155.